The van der Waals surface area contributed by atoms with Gasteiger partial charge in [-0.3, -0.25) is 9.36 Å². The molecule has 1 N–H and O–H groups in total. The van der Waals surface area contributed by atoms with Crippen LogP contribution < -0.4 is 10.4 Å². The summed E-state index contributed by atoms with van der Waals surface area (Å²) in [5.74, 6) is 0.862. The number of likely N-dealkylation sites (tertiary alicyclic amines) is 1. The van der Waals surface area contributed by atoms with Crippen LogP contribution in [0.2, 0.25) is 0 Å². The Morgan fingerprint density at radius 2 is 1.82 bits per heavy atom. The van der Waals surface area contributed by atoms with Gasteiger partial charge >= 0.3 is 5.69 Å². The molecule has 0 saturated carbocycles. The van der Waals surface area contributed by atoms with Gasteiger partial charge in [0.1, 0.15) is 12.3 Å². The molecule has 0 unspecified atom stereocenters. The summed E-state index contributed by atoms with van der Waals surface area (Å²) in [7, 11) is 1.57. The molecule has 2 aromatic carbocycles. The second-order valence-electron chi connectivity index (χ2n) is 6.62. The van der Waals surface area contributed by atoms with E-state index in [4.69, 9.17) is 4.74 Å². The fourth-order valence-electron chi connectivity index (χ4n) is 3.13. The number of nitrogens with zero attached hydrogens (tertiary/aromatic N) is 4. The Bertz CT molecular complexity index is 1030. The average molecular weight is 380 g/mol. The van der Waals surface area contributed by atoms with Crippen LogP contribution in [0.4, 0.5) is 0 Å². The van der Waals surface area contributed by atoms with Crippen LogP contribution in [0.3, 0.4) is 0 Å². The van der Waals surface area contributed by atoms with E-state index in [9.17, 15) is 14.7 Å². The van der Waals surface area contributed by atoms with E-state index in [1.165, 1.54) is 14.1 Å². The highest BCUT2D eigenvalue weighted by Crippen LogP contribution is 2.19. The molecule has 1 aromatic heterocycles. The first-order chi connectivity index (χ1) is 13.6. The van der Waals surface area contributed by atoms with Crippen LogP contribution in [0.25, 0.3) is 17.1 Å². The molecular formula is C20H20N4O4. The number of carbonyl (C=O) groups is 1. The third-order valence-corrected chi connectivity index (χ3v) is 4.72. The van der Waals surface area contributed by atoms with Crippen molar-refractivity contribution in [3.63, 3.8) is 0 Å². The zero-order chi connectivity index (χ0) is 19.7. The van der Waals surface area contributed by atoms with Crippen molar-refractivity contribution < 1.29 is 14.6 Å². The molecule has 0 radical (unpaired) electrons. The molecular weight excluding hydrogens is 360 g/mol. The van der Waals surface area contributed by atoms with Gasteiger partial charge in [-0.25, -0.2) is 4.79 Å². The fourth-order valence-corrected chi connectivity index (χ4v) is 3.13. The summed E-state index contributed by atoms with van der Waals surface area (Å²) < 4.78 is 7.80. The Morgan fingerprint density at radius 1 is 1.14 bits per heavy atom. The number of aromatic nitrogens is 3. The van der Waals surface area contributed by atoms with Crippen molar-refractivity contribution in [2.24, 2.45) is 0 Å². The molecule has 0 bridgehead atoms. The topological polar surface area (TPSA) is 89.6 Å². The Balaban J connectivity index is 1.75. The largest absolute Gasteiger partial charge is 0.497 e. The zero-order valence-electron chi connectivity index (χ0n) is 15.4. The van der Waals surface area contributed by atoms with E-state index in [-0.39, 0.29) is 12.5 Å². The number of rotatable bonds is 5. The van der Waals surface area contributed by atoms with E-state index in [1.54, 1.807) is 31.4 Å². The van der Waals surface area contributed by atoms with Crippen LogP contribution in [0.5, 0.6) is 5.75 Å². The van der Waals surface area contributed by atoms with Gasteiger partial charge in [0, 0.05) is 18.7 Å². The lowest BCUT2D eigenvalue weighted by atomic mass is 10.1. The van der Waals surface area contributed by atoms with Crippen LogP contribution in [0.15, 0.2) is 59.4 Å². The number of β-amino-alcohol motifs (C(OH)–C–C–N with tert-alkyl or cyclic N) is 1. The number of amides is 1. The minimum absolute atomic E-state index is 0.133. The fraction of sp³-hybridized carbons (Fsp3) is 0.250. The number of aliphatic hydroxyl groups excluding tert-OH is 1. The van der Waals surface area contributed by atoms with Gasteiger partial charge in [-0.05, 0) is 24.3 Å². The molecule has 8 nitrogen and oxygen atoms in total. The Kier molecular flexibility index (Phi) is 4.70. The van der Waals surface area contributed by atoms with Gasteiger partial charge in [0.05, 0.1) is 18.9 Å². The summed E-state index contributed by atoms with van der Waals surface area (Å²) in [6.45, 7) is 0.452. The van der Waals surface area contributed by atoms with E-state index in [0.29, 0.717) is 30.4 Å². The number of benzene rings is 2. The van der Waals surface area contributed by atoms with Gasteiger partial charge in [-0.15, -0.1) is 5.10 Å². The zero-order valence-corrected chi connectivity index (χ0v) is 15.4. The van der Waals surface area contributed by atoms with Crippen LogP contribution in [0.1, 0.15) is 0 Å². The number of ether oxygens (including phenoxy) is 1. The molecule has 3 aromatic rings. The molecule has 0 spiro atoms. The van der Waals surface area contributed by atoms with E-state index >= 15 is 0 Å². The lowest BCUT2D eigenvalue weighted by Gasteiger charge is -2.35. The van der Waals surface area contributed by atoms with Gasteiger partial charge in [0.2, 0.25) is 5.91 Å². The molecule has 8 heteroatoms. The summed E-state index contributed by atoms with van der Waals surface area (Å²) in [4.78, 5) is 27.1. The molecule has 28 heavy (non-hydrogen) atoms. The Labute approximate surface area is 161 Å². The summed E-state index contributed by atoms with van der Waals surface area (Å²) in [5.41, 5.74) is 0.912. The average Bonchev–Trinajstić information content (AvgIpc) is 3.02. The maximum atomic E-state index is 13.1. The highest BCUT2D eigenvalue weighted by molar-refractivity contribution is 5.77. The number of hydrogen-bond donors (Lipinski definition) is 1. The Morgan fingerprint density at radius 3 is 2.43 bits per heavy atom. The summed E-state index contributed by atoms with van der Waals surface area (Å²) >= 11 is 0. The van der Waals surface area contributed by atoms with Crippen molar-refractivity contribution in [3.8, 4) is 22.8 Å². The molecule has 1 fully saturated rings. The lowest BCUT2D eigenvalue weighted by Crippen LogP contribution is -2.54. The normalized spacial score (nSPS) is 14.0. The first-order valence-electron chi connectivity index (χ1n) is 8.92. The third kappa shape index (κ3) is 3.29. The maximum Gasteiger partial charge on any atom is 0.351 e. The predicted octanol–water partition coefficient (Wildman–Crippen LogP) is 0.913. The van der Waals surface area contributed by atoms with Crippen LogP contribution >= 0.6 is 0 Å². The highest BCUT2D eigenvalue weighted by Gasteiger charge is 2.30. The molecule has 144 valence electrons. The number of methoxy groups -OCH3 is 1. The molecule has 1 saturated heterocycles. The minimum atomic E-state index is -0.490. The minimum Gasteiger partial charge on any atom is -0.497 e. The first-order valence-corrected chi connectivity index (χ1v) is 8.92. The van der Waals surface area contributed by atoms with Crippen molar-refractivity contribution in [2.75, 3.05) is 20.2 Å². The van der Waals surface area contributed by atoms with Crippen LogP contribution in [-0.2, 0) is 11.3 Å². The van der Waals surface area contributed by atoms with Gasteiger partial charge in [0.25, 0.3) is 0 Å². The van der Waals surface area contributed by atoms with E-state index in [1.807, 2.05) is 30.3 Å². The van der Waals surface area contributed by atoms with Crippen molar-refractivity contribution in [1.82, 2.24) is 19.2 Å². The number of carbonyl (C=O) groups excluding carboxylic acids is 1. The number of hydrogen-bond acceptors (Lipinski definition) is 5. The highest BCUT2D eigenvalue weighted by atomic mass is 16.5. The summed E-state index contributed by atoms with van der Waals surface area (Å²) in [5, 5.41) is 13.9. The smallest absolute Gasteiger partial charge is 0.351 e. The van der Waals surface area contributed by atoms with Gasteiger partial charge < -0.3 is 14.7 Å². The van der Waals surface area contributed by atoms with E-state index in [2.05, 4.69) is 5.10 Å². The Hall–Kier alpha value is -3.39. The third-order valence-electron chi connectivity index (χ3n) is 4.72. The predicted molar refractivity (Wildman–Crippen MR) is 102 cm³/mol. The lowest BCUT2D eigenvalue weighted by molar-refractivity contribution is -0.141. The SMILES string of the molecule is COc1ccc(-n2nc(-c3ccccc3)n(CC(=O)N3CC(O)C3)c2=O)cc1. The molecule has 4 rings (SSSR count). The van der Waals surface area contributed by atoms with Gasteiger partial charge in [-0.2, -0.15) is 4.68 Å². The van der Waals surface area contributed by atoms with Gasteiger partial charge in [0.15, 0.2) is 5.82 Å². The quantitative estimate of drug-likeness (QED) is 0.711. The van der Waals surface area contributed by atoms with Gasteiger partial charge in [-0.1, -0.05) is 30.3 Å². The van der Waals surface area contributed by atoms with Crippen molar-refractivity contribution >= 4 is 5.91 Å². The van der Waals surface area contributed by atoms with Crippen LogP contribution in [0, 0.1) is 0 Å². The molecule has 1 amide bonds. The summed E-state index contributed by atoms with van der Waals surface area (Å²) in [6, 6.07) is 16.2. The first kappa shape index (κ1) is 18.0. The molecule has 2 heterocycles. The van der Waals surface area contributed by atoms with E-state index < -0.39 is 11.8 Å². The van der Waals surface area contributed by atoms with Crippen molar-refractivity contribution in [1.29, 1.82) is 0 Å². The van der Waals surface area contributed by atoms with Crippen LogP contribution in [-0.4, -0.2) is 56.6 Å². The molecule has 0 atom stereocenters. The molecule has 0 aliphatic carbocycles. The second kappa shape index (κ2) is 7.32. The molecule has 1 aliphatic heterocycles. The summed E-state index contributed by atoms with van der Waals surface area (Å²) in [6.07, 6.45) is -0.490. The second-order valence-corrected chi connectivity index (χ2v) is 6.62. The number of aliphatic hydroxyl groups is 1. The van der Waals surface area contributed by atoms with E-state index in [0.717, 1.165) is 5.56 Å². The maximum absolute atomic E-state index is 13.1. The molecule has 1 aliphatic rings. The van der Waals surface area contributed by atoms with Crippen molar-refractivity contribution in [3.05, 3.63) is 65.1 Å². The monoisotopic (exact) mass is 380 g/mol. The van der Waals surface area contributed by atoms with Crippen molar-refractivity contribution in [2.45, 2.75) is 12.6 Å². The standard InChI is InChI=1S/C20H20N4O4/c1-28-17-9-7-15(8-10-17)24-20(27)23(13-18(26)22-11-16(25)12-22)19(21-24)14-5-3-2-4-6-14/h2-10,16,25H,11-13H2,1H3.